The molecule has 100 valence electrons. The fourth-order valence-electron chi connectivity index (χ4n) is 1.31. The highest BCUT2D eigenvalue weighted by Gasteiger charge is 2.26. The molecule has 1 rings (SSSR count). The first kappa shape index (κ1) is 14.4. The van der Waals surface area contributed by atoms with Crippen molar-refractivity contribution in [1.82, 2.24) is 0 Å². The van der Waals surface area contributed by atoms with Crippen LogP contribution in [0.15, 0.2) is 12.1 Å². The summed E-state index contributed by atoms with van der Waals surface area (Å²) in [7, 11) is 0. The fraction of sp³-hybridized carbons (Fsp3) is 0.364. The average molecular weight is 266 g/mol. The molecule has 0 heterocycles. The second-order valence-electron chi connectivity index (χ2n) is 3.36. The molecule has 1 unspecified atom stereocenters. The van der Waals surface area contributed by atoms with Crippen LogP contribution < -0.4 is 0 Å². The van der Waals surface area contributed by atoms with E-state index in [1.807, 2.05) is 0 Å². The molecule has 0 saturated heterocycles. The van der Waals surface area contributed by atoms with Gasteiger partial charge in [0.25, 0.3) is 6.43 Å². The number of ether oxygens (including phenoxy) is 1. The third-order valence-corrected chi connectivity index (χ3v) is 2.14. The fourth-order valence-corrected chi connectivity index (χ4v) is 1.31. The molecule has 0 amide bonds. The summed E-state index contributed by atoms with van der Waals surface area (Å²) in [6, 6.07) is 0.839. The number of hydrogen-bond acceptors (Lipinski definition) is 3. The van der Waals surface area contributed by atoms with Crippen LogP contribution in [0.2, 0.25) is 0 Å². The van der Waals surface area contributed by atoms with Gasteiger partial charge in [-0.1, -0.05) is 0 Å². The predicted octanol–water partition coefficient (Wildman–Crippen LogP) is 2.50. The number of alkyl halides is 2. The van der Waals surface area contributed by atoms with Crippen LogP contribution in [0.3, 0.4) is 0 Å². The van der Waals surface area contributed by atoms with E-state index in [1.165, 1.54) is 6.92 Å². The van der Waals surface area contributed by atoms with Gasteiger partial charge in [0.15, 0.2) is 17.7 Å². The Hall–Kier alpha value is -1.63. The molecule has 0 spiro atoms. The number of aliphatic hydroxyl groups excluding tert-OH is 1. The summed E-state index contributed by atoms with van der Waals surface area (Å²) < 4.78 is 55.5. The van der Waals surface area contributed by atoms with Crippen LogP contribution >= 0.6 is 0 Å². The van der Waals surface area contributed by atoms with Crippen molar-refractivity contribution in [2.24, 2.45) is 0 Å². The molecule has 3 nitrogen and oxygen atoms in total. The van der Waals surface area contributed by atoms with Gasteiger partial charge in [-0.2, -0.15) is 0 Å². The summed E-state index contributed by atoms with van der Waals surface area (Å²) in [5, 5.41) is 9.41. The Morgan fingerprint density at radius 1 is 1.39 bits per heavy atom. The van der Waals surface area contributed by atoms with Crippen LogP contribution in [0.1, 0.15) is 30.6 Å². The number of aliphatic hydroxyl groups is 1. The molecule has 18 heavy (non-hydrogen) atoms. The lowest BCUT2D eigenvalue weighted by Crippen LogP contribution is -2.17. The maximum absolute atomic E-state index is 13.3. The van der Waals surface area contributed by atoms with Crippen molar-refractivity contribution in [3.63, 3.8) is 0 Å². The molecule has 0 aliphatic rings. The number of halogens is 4. The number of rotatable bonds is 4. The first-order chi connectivity index (χ1) is 8.38. The molecule has 0 bridgehead atoms. The first-order valence-corrected chi connectivity index (χ1v) is 5.00. The van der Waals surface area contributed by atoms with E-state index in [1.54, 1.807) is 0 Å². The standard InChI is InChI=1S/C11H10F4O3/c1-2-18-11(17)9(16)6-3-5(10(14)15)4-7(12)8(6)13/h3-4,9-10,16H,2H2,1H3. The Labute approximate surface area is 100.0 Å². The molecular formula is C11H10F4O3. The third kappa shape index (κ3) is 2.98. The van der Waals surface area contributed by atoms with E-state index in [0.29, 0.717) is 12.1 Å². The third-order valence-electron chi connectivity index (χ3n) is 2.14. The van der Waals surface area contributed by atoms with Crippen LogP contribution in [0.4, 0.5) is 17.6 Å². The van der Waals surface area contributed by atoms with Crippen molar-refractivity contribution in [3.05, 3.63) is 34.9 Å². The summed E-state index contributed by atoms with van der Waals surface area (Å²) in [5.74, 6) is -4.35. The van der Waals surface area contributed by atoms with Crippen molar-refractivity contribution in [3.8, 4) is 0 Å². The minimum atomic E-state index is -3.05. The molecule has 0 fully saturated rings. The lowest BCUT2D eigenvalue weighted by Gasteiger charge is -2.12. The second-order valence-corrected chi connectivity index (χ2v) is 3.36. The number of carbonyl (C=O) groups excluding carboxylic acids is 1. The lowest BCUT2D eigenvalue weighted by molar-refractivity contribution is -0.153. The van der Waals surface area contributed by atoms with Crippen molar-refractivity contribution in [1.29, 1.82) is 0 Å². The highest BCUT2D eigenvalue weighted by molar-refractivity contribution is 5.76. The number of benzene rings is 1. The van der Waals surface area contributed by atoms with Crippen LogP contribution in [0, 0.1) is 11.6 Å². The number of carbonyl (C=O) groups is 1. The SMILES string of the molecule is CCOC(=O)C(O)c1cc(C(F)F)cc(F)c1F. The van der Waals surface area contributed by atoms with Gasteiger partial charge in [0.2, 0.25) is 0 Å². The molecule has 0 saturated carbocycles. The van der Waals surface area contributed by atoms with E-state index in [0.717, 1.165) is 0 Å². The molecule has 0 radical (unpaired) electrons. The van der Waals surface area contributed by atoms with Gasteiger partial charge in [-0.25, -0.2) is 22.4 Å². The van der Waals surface area contributed by atoms with E-state index in [4.69, 9.17) is 0 Å². The predicted molar refractivity (Wildman–Crippen MR) is 52.9 cm³/mol. The zero-order valence-electron chi connectivity index (χ0n) is 9.29. The Balaban J connectivity index is 3.18. The smallest absolute Gasteiger partial charge is 0.339 e. The number of hydrogen-bond donors (Lipinski definition) is 1. The molecule has 1 atom stereocenters. The summed E-state index contributed by atoms with van der Waals surface area (Å²) in [4.78, 5) is 11.1. The quantitative estimate of drug-likeness (QED) is 0.672. The van der Waals surface area contributed by atoms with E-state index < -0.39 is 41.3 Å². The van der Waals surface area contributed by atoms with Crippen LogP contribution in [0.5, 0.6) is 0 Å². The lowest BCUT2D eigenvalue weighted by atomic mass is 10.0. The minimum absolute atomic E-state index is 0.0888. The molecule has 1 aromatic rings. The Morgan fingerprint density at radius 3 is 2.50 bits per heavy atom. The average Bonchev–Trinajstić information content (AvgIpc) is 2.31. The van der Waals surface area contributed by atoms with Crippen LogP contribution in [0.25, 0.3) is 0 Å². The van der Waals surface area contributed by atoms with Crippen molar-refractivity contribution >= 4 is 5.97 Å². The van der Waals surface area contributed by atoms with Gasteiger partial charge >= 0.3 is 5.97 Å². The zero-order valence-corrected chi connectivity index (χ0v) is 9.29. The summed E-state index contributed by atoms with van der Waals surface area (Å²) in [6.45, 7) is 1.35. The Bertz CT molecular complexity index is 448. The number of esters is 1. The highest BCUT2D eigenvalue weighted by Crippen LogP contribution is 2.27. The molecule has 0 aliphatic heterocycles. The molecular weight excluding hydrogens is 256 g/mol. The normalized spacial score (nSPS) is 12.6. The van der Waals surface area contributed by atoms with Gasteiger partial charge in [0.1, 0.15) is 0 Å². The summed E-state index contributed by atoms with van der Waals surface area (Å²) in [6.07, 6.45) is -5.19. The summed E-state index contributed by atoms with van der Waals surface area (Å²) >= 11 is 0. The van der Waals surface area contributed by atoms with E-state index in [2.05, 4.69) is 4.74 Å². The molecule has 1 aromatic carbocycles. The Kier molecular flexibility index (Phi) is 4.66. The minimum Gasteiger partial charge on any atom is -0.464 e. The molecule has 0 aliphatic carbocycles. The van der Waals surface area contributed by atoms with Crippen molar-refractivity contribution in [2.45, 2.75) is 19.5 Å². The topological polar surface area (TPSA) is 46.5 Å². The second kappa shape index (κ2) is 5.81. The maximum Gasteiger partial charge on any atom is 0.339 e. The molecule has 0 aromatic heterocycles. The first-order valence-electron chi connectivity index (χ1n) is 5.00. The molecule has 7 heteroatoms. The monoisotopic (exact) mass is 266 g/mol. The summed E-state index contributed by atoms with van der Waals surface area (Å²) in [5.41, 5.74) is -1.70. The van der Waals surface area contributed by atoms with Crippen LogP contribution in [-0.4, -0.2) is 17.7 Å². The van der Waals surface area contributed by atoms with E-state index >= 15 is 0 Å². The van der Waals surface area contributed by atoms with E-state index in [9.17, 15) is 27.5 Å². The van der Waals surface area contributed by atoms with Gasteiger partial charge in [-0.15, -0.1) is 0 Å². The largest absolute Gasteiger partial charge is 0.464 e. The van der Waals surface area contributed by atoms with Gasteiger partial charge in [0.05, 0.1) is 6.61 Å². The van der Waals surface area contributed by atoms with Gasteiger partial charge in [-0.05, 0) is 19.1 Å². The Morgan fingerprint density at radius 2 is 2.00 bits per heavy atom. The van der Waals surface area contributed by atoms with Gasteiger partial charge in [-0.3, -0.25) is 0 Å². The van der Waals surface area contributed by atoms with Crippen molar-refractivity contribution < 1.29 is 32.2 Å². The highest BCUT2D eigenvalue weighted by atomic mass is 19.3. The van der Waals surface area contributed by atoms with E-state index in [-0.39, 0.29) is 6.61 Å². The maximum atomic E-state index is 13.3. The zero-order chi connectivity index (χ0) is 13.9. The van der Waals surface area contributed by atoms with Gasteiger partial charge in [0, 0.05) is 11.1 Å². The van der Waals surface area contributed by atoms with Crippen molar-refractivity contribution in [2.75, 3.05) is 6.61 Å². The van der Waals surface area contributed by atoms with Crippen LogP contribution in [-0.2, 0) is 9.53 Å². The van der Waals surface area contributed by atoms with Gasteiger partial charge < -0.3 is 9.84 Å². The molecule has 1 N–H and O–H groups in total.